The first-order chi connectivity index (χ1) is 8.16. The Bertz CT molecular complexity index is 539. The van der Waals surface area contributed by atoms with Gasteiger partial charge in [-0.2, -0.15) is 0 Å². The number of nitrogens with zero attached hydrogens (tertiary/aromatic N) is 2. The maximum atomic E-state index is 11.6. The zero-order chi connectivity index (χ0) is 12.3. The lowest BCUT2D eigenvalue weighted by atomic mass is 10.2. The lowest BCUT2D eigenvalue weighted by Crippen LogP contribution is -2.23. The summed E-state index contributed by atoms with van der Waals surface area (Å²) in [4.78, 5) is 11.6. The van der Waals surface area contributed by atoms with E-state index in [4.69, 9.17) is 16.0 Å². The first-order valence-corrected chi connectivity index (χ1v) is 5.36. The van der Waals surface area contributed by atoms with Gasteiger partial charge in [-0.25, -0.2) is 0 Å². The number of carbonyl (C=O) groups is 1. The van der Waals surface area contributed by atoms with E-state index in [-0.39, 0.29) is 5.89 Å². The number of aryl methyl sites for hydroxylation is 1. The molecule has 0 aliphatic heterocycles. The molecule has 0 saturated heterocycles. The molecule has 0 bridgehead atoms. The number of halogens is 1. The van der Waals surface area contributed by atoms with Crippen LogP contribution < -0.4 is 5.32 Å². The number of hydrogen-bond donors (Lipinski definition) is 1. The van der Waals surface area contributed by atoms with E-state index in [0.717, 1.165) is 5.56 Å². The van der Waals surface area contributed by atoms with Crippen LogP contribution in [0.3, 0.4) is 0 Å². The van der Waals surface area contributed by atoms with Crippen LogP contribution in [-0.2, 0) is 6.54 Å². The second-order valence-electron chi connectivity index (χ2n) is 3.40. The van der Waals surface area contributed by atoms with Gasteiger partial charge >= 0.3 is 11.8 Å². The van der Waals surface area contributed by atoms with E-state index in [1.165, 1.54) is 0 Å². The molecular weight excluding hydrogens is 242 g/mol. The van der Waals surface area contributed by atoms with Crippen LogP contribution in [0.1, 0.15) is 22.1 Å². The summed E-state index contributed by atoms with van der Waals surface area (Å²) in [5, 5.41) is 10.5. The van der Waals surface area contributed by atoms with E-state index in [9.17, 15) is 4.79 Å². The van der Waals surface area contributed by atoms with Gasteiger partial charge in [0.25, 0.3) is 0 Å². The number of benzene rings is 1. The number of amides is 1. The first kappa shape index (κ1) is 11.6. The van der Waals surface area contributed by atoms with Crippen molar-refractivity contribution >= 4 is 17.5 Å². The molecule has 0 aliphatic carbocycles. The van der Waals surface area contributed by atoms with Gasteiger partial charge in [0.05, 0.1) is 0 Å². The normalized spacial score (nSPS) is 10.2. The van der Waals surface area contributed by atoms with Gasteiger partial charge in [0, 0.05) is 18.5 Å². The van der Waals surface area contributed by atoms with Crippen molar-refractivity contribution in [2.75, 3.05) is 0 Å². The number of rotatable bonds is 3. The zero-order valence-corrected chi connectivity index (χ0v) is 9.86. The zero-order valence-electron chi connectivity index (χ0n) is 9.11. The highest BCUT2D eigenvalue weighted by Crippen LogP contribution is 2.14. The minimum Gasteiger partial charge on any atom is -0.417 e. The predicted molar refractivity (Wildman–Crippen MR) is 61.7 cm³/mol. The molecule has 0 aliphatic rings. The third kappa shape index (κ3) is 2.82. The second kappa shape index (κ2) is 4.97. The molecule has 5 nitrogen and oxygen atoms in total. The molecule has 0 spiro atoms. The number of hydrogen-bond acceptors (Lipinski definition) is 4. The van der Waals surface area contributed by atoms with Crippen molar-refractivity contribution in [1.29, 1.82) is 0 Å². The third-order valence-electron chi connectivity index (χ3n) is 2.12. The fourth-order valence-corrected chi connectivity index (χ4v) is 1.48. The first-order valence-electron chi connectivity index (χ1n) is 4.98. The van der Waals surface area contributed by atoms with Crippen LogP contribution in [0.15, 0.2) is 28.7 Å². The van der Waals surface area contributed by atoms with Gasteiger partial charge in [0.1, 0.15) is 0 Å². The van der Waals surface area contributed by atoms with Crippen LogP contribution in [0.2, 0.25) is 5.02 Å². The fraction of sp³-hybridized carbons (Fsp3) is 0.182. The molecule has 1 aromatic carbocycles. The van der Waals surface area contributed by atoms with Crippen LogP contribution in [0.5, 0.6) is 0 Å². The summed E-state index contributed by atoms with van der Waals surface area (Å²) in [6, 6.07) is 7.28. The van der Waals surface area contributed by atoms with Crippen molar-refractivity contribution in [2.24, 2.45) is 0 Å². The Morgan fingerprint density at radius 3 is 2.82 bits per heavy atom. The average Bonchev–Trinajstić information content (AvgIpc) is 2.74. The van der Waals surface area contributed by atoms with Gasteiger partial charge in [0.2, 0.25) is 5.89 Å². The second-order valence-corrected chi connectivity index (χ2v) is 3.81. The van der Waals surface area contributed by atoms with Crippen LogP contribution >= 0.6 is 11.6 Å². The summed E-state index contributed by atoms with van der Waals surface area (Å²) in [6.45, 7) is 1.94. The maximum absolute atomic E-state index is 11.6. The molecule has 2 aromatic rings. The molecule has 1 amide bonds. The molecule has 0 fully saturated rings. The van der Waals surface area contributed by atoms with E-state index in [1.54, 1.807) is 13.0 Å². The van der Waals surface area contributed by atoms with E-state index < -0.39 is 5.91 Å². The summed E-state index contributed by atoms with van der Waals surface area (Å²) in [5.41, 5.74) is 0.832. The standard InChI is InChI=1S/C11H10ClN3O2/c1-7-14-15-11(17-7)10(16)13-6-8-4-2-3-5-9(8)12/h2-5H,6H2,1H3,(H,13,16). The van der Waals surface area contributed by atoms with E-state index >= 15 is 0 Å². The SMILES string of the molecule is Cc1nnc(C(=O)NCc2ccccc2Cl)o1. The number of aromatic nitrogens is 2. The maximum Gasteiger partial charge on any atom is 0.309 e. The van der Waals surface area contributed by atoms with Crippen LogP contribution in [0.4, 0.5) is 0 Å². The molecule has 1 N–H and O–H groups in total. The summed E-state index contributed by atoms with van der Waals surface area (Å²) in [5.74, 6) is -0.104. The summed E-state index contributed by atoms with van der Waals surface area (Å²) in [7, 11) is 0. The topological polar surface area (TPSA) is 68.0 Å². The van der Waals surface area contributed by atoms with Gasteiger partial charge in [-0.15, -0.1) is 10.2 Å². The van der Waals surface area contributed by atoms with Crippen LogP contribution in [0.25, 0.3) is 0 Å². The van der Waals surface area contributed by atoms with Crippen molar-refractivity contribution in [3.63, 3.8) is 0 Å². The van der Waals surface area contributed by atoms with Crippen molar-refractivity contribution in [1.82, 2.24) is 15.5 Å². The molecular formula is C11H10ClN3O2. The Kier molecular flexibility index (Phi) is 3.39. The quantitative estimate of drug-likeness (QED) is 0.906. The third-order valence-corrected chi connectivity index (χ3v) is 2.49. The van der Waals surface area contributed by atoms with Gasteiger partial charge < -0.3 is 9.73 Å². The highest BCUT2D eigenvalue weighted by atomic mass is 35.5. The summed E-state index contributed by atoms with van der Waals surface area (Å²) in [6.07, 6.45) is 0. The molecule has 0 radical (unpaired) electrons. The molecule has 6 heteroatoms. The molecule has 17 heavy (non-hydrogen) atoms. The summed E-state index contributed by atoms with van der Waals surface area (Å²) < 4.78 is 5.00. The Labute approximate surface area is 103 Å². The lowest BCUT2D eigenvalue weighted by Gasteiger charge is -2.04. The van der Waals surface area contributed by atoms with Gasteiger partial charge in [-0.05, 0) is 11.6 Å². The summed E-state index contributed by atoms with van der Waals surface area (Å²) >= 11 is 5.96. The van der Waals surface area contributed by atoms with E-state index in [1.807, 2.05) is 18.2 Å². The van der Waals surface area contributed by atoms with E-state index in [0.29, 0.717) is 17.5 Å². The number of nitrogens with one attached hydrogen (secondary N) is 1. The molecule has 0 unspecified atom stereocenters. The van der Waals surface area contributed by atoms with Crippen molar-refractivity contribution < 1.29 is 9.21 Å². The van der Waals surface area contributed by atoms with Gasteiger partial charge in [0.15, 0.2) is 0 Å². The Balaban J connectivity index is 1.99. The Hall–Kier alpha value is -1.88. The molecule has 0 saturated carbocycles. The Morgan fingerprint density at radius 1 is 1.41 bits per heavy atom. The smallest absolute Gasteiger partial charge is 0.309 e. The lowest BCUT2D eigenvalue weighted by molar-refractivity contribution is 0.0915. The minimum atomic E-state index is -0.412. The van der Waals surface area contributed by atoms with Gasteiger partial charge in [-0.3, -0.25) is 4.79 Å². The Morgan fingerprint density at radius 2 is 2.18 bits per heavy atom. The molecule has 88 valence electrons. The average molecular weight is 252 g/mol. The largest absolute Gasteiger partial charge is 0.417 e. The predicted octanol–water partition coefficient (Wildman–Crippen LogP) is 1.96. The number of carbonyl (C=O) groups excluding carboxylic acids is 1. The van der Waals surface area contributed by atoms with E-state index in [2.05, 4.69) is 15.5 Å². The van der Waals surface area contributed by atoms with Crippen LogP contribution in [0, 0.1) is 6.92 Å². The minimum absolute atomic E-state index is 0.0467. The molecule has 1 aromatic heterocycles. The highest BCUT2D eigenvalue weighted by molar-refractivity contribution is 6.31. The molecule has 0 atom stereocenters. The van der Waals surface area contributed by atoms with Crippen molar-refractivity contribution in [3.05, 3.63) is 46.6 Å². The van der Waals surface area contributed by atoms with Crippen molar-refractivity contribution in [3.8, 4) is 0 Å². The van der Waals surface area contributed by atoms with Gasteiger partial charge in [-0.1, -0.05) is 29.8 Å². The molecule has 2 rings (SSSR count). The highest BCUT2D eigenvalue weighted by Gasteiger charge is 2.12. The van der Waals surface area contributed by atoms with Crippen LogP contribution in [-0.4, -0.2) is 16.1 Å². The van der Waals surface area contributed by atoms with Crippen molar-refractivity contribution in [2.45, 2.75) is 13.5 Å². The fourth-order valence-electron chi connectivity index (χ4n) is 1.28. The monoisotopic (exact) mass is 251 g/mol. The molecule has 1 heterocycles.